The smallest absolute Gasteiger partial charge is 0.270 e. The zero-order valence-electron chi connectivity index (χ0n) is 27.9. The van der Waals surface area contributed by atoms with Crippen LogP contribution in [-0.4, -0.2) is 88.3 Å². The van der Waals surface area contributed by atoms with Crippen LogP contribution < -0.4 is 20.7 Å². The Morgan fingerprint density at radius 1 is 1.10 bits per heavy atom. The lowest BCUT2D eigenvalue weighted by molar-refractivity contribution is -0.144. The first-order chi connectivity index (χ1) is 23.1. The predicted molar refractivity (Wildman–Crippen MR) is 179 cm³/mol. The molecule has 1 aliphatic heterocycles. The van der Waals surface area contributed by atoms with Gasteiger partial charge in [-0.15, -0.1) is 6.58 Å². The topological polar surface area (TPSA) is 197 Å². The van der Waals surface area contributed by atoms with E-state index in [4.69, 9.17) is 0 Å². The lowest BCUT2D eigenvalue weighted by Gasteiger charge is -2.35. The molecule has 3 heterocycles. The van der Waals surface area contributed by atoms with E-state index < -0.39 is 73.9 Å². The Morgan fingerprint density at radius 3 is 2.47 bits per heavy atom. The zero-order valence-corrected chi connectivity index (χ0v) is 28.7. The van der Waals surface area contributed by atoms with Crippen LogP contribution in [0.5, 0.6) is 0 Å². The van der Waals surface area contributed by atoms with Crippen molar-refractivity contribution in [3.63, 3.8) is 0 Å². The molecule has 4 fully saturated rings. The molecule has 262 valence electrons. The SMILES string of the molecule is C=C[C@H]1C[C@]1(NC(=O)[C@@H]1C[C@@H](NC(=O)c2ccc3cnccc3n2)CN1C(=O)[C@@H](NC(=O)CC1CC1)C(C)(C)C)C(=O)NS(=O)(=O)C1CC1. The van der Waals surface area contributed by atoms with E-state index in [0.29, 0.717) is 30.7 Å². The molecule has 3 aliphatic carbocycles. The molecule has 0 bridgehead atoms. The fourth-order valence-electron chi connectivity index (χ4n) is 6.42. The number of rotatable bonds is 12. The van der Waals surface area contributed by atoms with Gasteiger partial charge in [0.15, 0.2) is 0 Å². The van der Waals surface area contributed by atoms with Crippen LogP contribution in [-0.2, 0) is 29.2 Å². The second-order valence-electron chi connectivity index (χ2n) is 14.9. The van der Waals surface area contributed by atoms with Crippen LogP contribution in [0.2, 0.25) is 0 Å². The molecule has 4 aliphatic rings. The van der Waals surface area contributed by atoms with Gasteiger partial charge in [-0.1, -0.05) is 26.8 Å². The standard InChI is InChI=1S/C34H43N7O7S/c1-5-21-16-34(21,32(46)40-49(47,48)23-9-10-23)39-30(44)26-15-22(36-29(43)25-11-8-20-17-35-13-12-24(20)37-25)18-41(26)31(45)28(33(2,3)4)38-27(42)14-19-6-7-19/h5,8,11-13,17,19,21-23,26,28H,1,6-7,9-10,14-16,18H2,2-4H3,(H,36,43)(H,38,42)(H,39,44)(H,40,46)/t21-,22+,26-,28+,34+/m0/s1. The van der Waals surface area contributed by atoms with E-state index in [1.165, 1.54) is 11.0 Å². The van der Waals surface area contributed by atoms with Crippen LogP contribution in [0.25, 0.3) is 10.9 Å². The number of nitrogens with one attached hydrogen (secondary N) is 4. The van der Waals surface area contributed by atoms with Gasteiger partial charge in [0, 0.05) is 42.7 Å². The van der Waals surface area contributed by atoms with Crippen LogP contribution in [0.3, 0.4) is 0 Å². The maximum Gasteiger partial charge on any atom is 0.270 e. The highest BCUT2D eigenvalue weighted by Crippen LogP contribution is 2.45. The average molecular weight is 694 g/mol. The highest BCUT2D eigenvalue weighted by atomic mass is 32.2. The van der Waals surface area contributed by atoms with Crippen LogP contribution in [0.1, 0.15) is 76.2 Å². The summed E-state index contributed by atoms with van der Waals surface area (Å²) in [6.45, 7) is 9.14. The average Bonchev–Trinajstić information content (AvgIpc) is 3.94. The van der Waals surface area contributed by atoms with Crippen LogP contribution in [0, 0.1) is 17.3 Å². The molecular weight excluding hydrogens is 650 g/mol. The van der Waals surface area contributed by atoms with E-state index in [1.54, 1.807) is 30.6 Å². The van der Waals surface area contributed by atoms with Gasteiger partial charge in [-0.05, 0) is 68.1 Å². The first-order valence-corrected chi connectivity index (χ1v) is 18.3. The minimum Gasteiger partial charge on any atom is -0.346 e. The third-order valence-corrected chi connectivity index (χ3v) is 11.6. The maximum atomic E-state index is 14.3. The summed E-state index contributed by atoms with van der Waals surface area (Å²) in [6.07, 6.45) is 7.98. The van der Waals surface area contributed by atoms with Gasteiger partial charge < -0.3 is 20.9 Å². The van der Waals surface area contributed by atoms with Crippen molar-refractivity contribution in [3.05, 3.63) is 48.9 Å². The van der Waals surface area contributed by atoms with Crippen molar-refractivity contribution in [2.24, 2.45) is 17.3 Å². The summed E-state index contributed by atoms with van der Waals surface area (Å²) in [4.78, 5) is 77.9. The van der Waals surface area contributed by atoms with Gasteiger partial charge in [-0.3, -0.25) is 33.7 Å². The summed E-state index contributed by atoms with van der Waals surface area (Å²) in [7, 11) is -3.89. The van der Waals surface area contributed by atoms with Crippen molar-refractivity contribution in [2.45, 2.75) is 94.6 Å². The number of likely N-dealkylation sites (tertiary alicyclic amines) is 1. The van der Waals surface area contributed by atoms with Crippen molar-refractivity contribution in [3.8, 4) is 0 Å². The number of amides is 5. The molecule has 2 aromatic rings. The number of hydrogen-bond acceptors (Lipinski definition) is 9. The largest absolute Gasteiger partial charge is 0.346 e. The van der Waals surface area contributed by atoms with Gasteiger partial charge in [0.1, 0.15) is 23.3 Å². The number of hydrogen-bond donors (Lipinski definition) is 4. The zero-order chi connectivity index (χ0) is 35.3. The normalized spacial score (nSPS) is 25.6. The van der Waals surface area contributed by atoms with Crippen molar-refractivity contribution in [1.29, 1.82) is 0 Å². The van der Waals surface area contributed by atoms with Crippen molar-refractivity contribution < 1.29 is 32.4 Å². The Hall–Kier alpha value is -4.40. The second kappa shape index (κ2) is 12.8. The van der Waals surface area contributed by atoms with E-state index in [1.807, 2.05) is 20.8 Å². The molecule has 5 amide bonds. The molecule has 0 radical (unpaired) electrons. The number of carbonyl (C=O) groups excluding carboxylic acids is 5. The van der Waals surface area contributed by atoms with Gasteiger partial charge in [-0.2, -0.15) is 0 Å². The van der Waals surface area contributed by atoms with E-state index in [0.717, 1.165) is 18.2 Å². The number of aromatic nitrogens is 2. The van der Waals surface area contributed by atoms with Crippen molar-refractivity contribution >= 4 is 50.5 Å². The van der Waals surface area contributed by atoms with E-state index in [-0.39, 0.29) is 31.0 Å². The minimum atomic E-state index is -3.89. The fourth-order valence-corrected chi connectivity index (χ4v) is 7.79. The summed E-state index contributed by atoms with van der Waals surface area (Å²) in [6, 6.07) is 2.16. The molecule has 2 aromatic heterocycles. The predicted octanol–water partition coefficient (Wildman–Crippen LogP) is 1.33. The molecule has 3 saturated carbocycles. The fraction of sp³-hybridized carbons (Fsp3) is 0.559. The first-order valence-electron chi connectivity index (χ1n) is 16.7. The summed E-state index contributed by atoms with van der Waals surface area (Å²) >= 11 is 0. The summed E-state index contributed by atoms with van der Waals surface area (Å²) < 4.78 is 27.4. The van der Waals surface area contributed by atoms with E-state index in [2.05, 4.69) is 37.2 Å². The molecular formula is C34H43N7O7S. The Balaban J connectivity index is 1.24. The monoisotopic (exact) mass is 693 g/mol. The Kier molecular flexibility index (Phi) is 9.01. The summed E-state index contributed by atoms with van der Waals surface area (Å²) in [5, 5.41) is 8.66. The van der Waals surface area contributed by atoms with Crippen LogP contribution in [0.15, 0.2) is 43.2 Å². The number of fused-ring (bicyclic) bond motifs is 1. The lowest BCUT2D eigenvalue weighted by atomic mass is 9.85. The molecule has 1 saturated heterocycles. The van der Waals surface area contributed by atoms with Crippen LogP contribution in [0.4, 0.5) is 0 Å². The molecule has 0 unspecified atom stereocenters. The third-order valence-electron chi connectivity index (χ3n) is 9.78. The van der Waals surface area contributed by atoms with Crippen molar-refractivity contribution in [2.75, 3.05) is 6.54 Å². The van der Waals surface area contributed by atoms with Gasteiger partial charge in [0.2, 0.25) is 27.7 Å². The molecule has 15 heteroatoms. The minimum absolute atomic E-state index is 0.00449. The molecule has 49 heavy (non-hydrogen) atoms. The molecule has 5 atom stereocenters. The Bertz CT molecular complexity index is 1820. The number of carbonyl (C=O) groups is 5. The number of sulfonamides is 1. The first kappa shape index (κ1) is 34.5. The molecule has 6 rings (SSSR count). The Morgan fingerprint density at radius 2 is 1.84 bits per heavy atom. The number of pyridine rings is 2. The van der Waals surface area contributed by atoms with E-state index >= 15 is 0 Å². The molecule has 14 nitrogen and oxygen atoms in total. The highest BCUT2D eigenvalue weighted by Gasteiger charge is 2.62. The van der Waals surface area contributed by atoms with Crippen molar-refractivity contribution in [1.82, 2.24) is 35.5 Å². The second-order valence-corrected chi connectivity index (χ2v) is 16.8. The van der Waals surface area contributed by atoms with Gasteiger partial charge in [0.25, 0.3) is 11.8 Å². The Labute approximate surface area is 285 Å². The van der Waals surface area contributed by atoms with E-state index in [9.17, 15) is 32.4 Å². The lowest BCUT2D eigenvalue weighted by Crippen LogP contribution is -2.60. The van der Waals surface area contributed by atoms with Gasteiger partial charge in [0.05, 0.1) is 10.8 Å². The van der Waals surface area contributed by atoms with Gasteiger partial charge >= 0.3 is 0 Å². The maximum absolute atomic E-state index is 14.3. The summed E-state index contributed by atoms with van der Waals surface area (Å²) in [5.74, 6) is -3.02. The highest BCUT2D eigenvalue weighted by molar-refractivity contribution is 7.91. The molecule has 0 spiro atoms. The van der Waals surface area contributed by atoms with Gasteiger partial charge in [-0.25, -0.2) is 13.4 Å². The third kappa shape index (κ3) is 7.46. The molecule has 4 N–H and O–H groups in total. The molecule has 0 aromatic carbocycles. The summed E-state index contributed by atoms with van der Waals surface area (Å²) in [5.41, 5.74) is -1.57. The van der Waals surface area contributed by atoms with Crippen LogP contribution >= 0.6 is 0 Å². The quantitative estimate of drug-likeness (QED) is 0.237. The number of nitrogens with zero attached hydrogens (tertiary/aromatic N) is 3.